The molecule has 2 aromatic carbocycles. The van der Waals surface area contributed by atoms with Crippen LogP contribution in [0.5, 0.6) is 0 Å². The molecule has 0 bridgehead atoms. The number of para-hydroxylation sites is 1. The van der Waals surface area contributed by atoms with E-state index in [9.17, 15) is 9.59 Å². The number of carbonyl (C=O) groups excluding carboxylic acids is 2. The van der Waals surface area contributed by atoms with E-state index in [1.807, 2.05) is 30.3 Å². The van der Waals surface area contributed by atoms with Gasteiger partial charge in [-0.05, 0) is 30.3 Å². The summed E-state index contributed by atoms with van der Waals surface area (Å²) in [6.45, 7) is 0.364. The van der Waals surface area contributed by atoms with Gasteiger partial charge in [0.15, 0.2) is 0 Å². The Hall–Kier alpha value is -2.04. The predicted octanol–water partition coefficient (Wildman–Crippen LogP) is 3.99. The van der Waals surface area contributed by atoms with Crippen molar-refractivity contribution in [3.8, 4) is 0 Å². The van der Waals surface area contributed by atoms with Gasteiger partial charge in [0.2, 0.25) is 11.8 Å². The van der Waals surface area contributed by atoms with Crippen LogP contribution in [-0.2, 0) is 9.59 Å². The summed E-state index contributed by atoms with van der Waals surface area (Å²) in [7, 11) is 0. The summed E-state index contributed by atoms with van der Waals surface area (Å²) in [4.78, 5) is 26.2. The summed E-state index contributed by atoms with van der Waals surface area (Å²) in [6.07, 6.45) is 0.190. The molecule has 2 amide bonds. The zero-order valence-electron chi connectivity index (χ0n) is 12.1. The van der Waals surface area contributed by atoms with Gasteiger partial charge in [-0.15, -0.1) is 0 Å². The lowest BCUT2D eigenvalue weighted by atomic mass is 10.1. The van der Waals surface area contributed by atoms with Crippen molar-refractivity contribution in [1.29, 1.82) is 0 Å². The summed E-state index contributed by atoms with van der Waals surface area (Å²) in [5, 5.41) is 3.66. The quantitative estimate of drug-likeness (QED) is 0.911. The Morgan fingerprint density at radius 2 is 1.74 bits per heavy atom. The summed E-state index contributed by atoms with van der Waals surface area (Å²) in [5.74, 6) is -0.670. The highest BCUT2D eigenvalue weighted by atomic mass is 35.5. The molecule has 0 aromatic heterocycles. The molecule has 1 heterocycles. The fourth-order valence-electron chi connectivity index (χ4n) is 2.61. The normalized spacial score (nSPS) is 17.4. The minimum atomic E-state index is -0.402. The van der Waals surface area contributed by atoms with Crippen LogP contribution in [0.15, 0.2) is 48.5 Å². The van der Waals surface area contributed by atoms with Crippen LogP contribution in [0.2, 0.25) is 10.0 Å². The number of rotatable bonds is 3. The molecular formula is C17H14Cl2N2O2. The lowest BCUT2D eigenvalue weighted by Gasteiger charge is -2.16. The summed E-state index contributed by atoms with van der Waals surface area (Å²) >= 11 is 11.8. The Kier molecular flexibility index (Phi) is 4.55. The van der Waals surface area contributed by atoms with Crippen molar-refractivity contribution >= 4 is 46.4 Å². The highest BCUT2D eigenvalue weighted by Crippen LogP contribution is 2.27. The monoisotopic (exact) mass is 348 g/mol. The largest absolute Gasteiger partial charge is 0.326 e. The molecule has 6 heteroatoms. The molecule has 4 nitrogen and oxygen atoms in total. The van der Waals surface area contributed by atoms with E-state index < -0.39 is 5.92 Å². The Bertz CT molecular complexity index is 729. The van der Waals surface area contributed by atoms with E-state index in [0.29, 0.717) is 22.3 Å². The molecule has 2 aromatic rings. The first-order chi connectivity index (χ1) is 11.0. The van der Waals surface area contributed by atoms with E-state index in [1.54, 1.807) is 23.1 Å². The number of carbonyl (C=O) groups is 2. The molecule has 1 fully saturated rings. The summed E-state index contributed by atoms with van der Waals surface area (Å²) < 4.78 is 0. The Balaban J connectivity index is 1.70. The van der Waals surface area contributed by atoms with Crippen LogP contribution in [0.3, 0.4) is 0 Å². The summed E-state index contributed by atoms with van der Waals surface area (Å²) in [6, 6.07) is 14.2. The van der Waals surface area contributed by atoms with Gasteiger partial charge in [0, 0.05) is 34.4 Å². The van der Waals surface area contributed by atoms with Crippen LogP contribution < -0.4 is 10.2 Å². The van der Waals surface area contributed by atoms with Gasteiger partial charge in [0.1, 0.15) is 0 Å². The van der Waals surface area contributed by atoms with E-state index in [4.69, 9.17) is 23.2 Å². The predicted molar refractivity (Wildman–Crippen MR) is 92.0 cm³/mol. The number of amides is 2. The molecule has 1 atom stereocenters. The maximum Gasteiger partial charge on any atom is 0.229 e. The SMILES string of the molecule is O=C(Nc1cc(Cl)cc(Cl)c1)[C@H]1CC(=O)N(c2ccccc2)C1. The molecule has 0 saturated carbocycles. The molecule has 0 unspecified atom stereocenters. The summed E-state index contributed by atoms with van der Waals surface area (Å²) in [5.41, 5.74) is 1.33. The van der Waals surface area contributed by atoms with Gasteiger partial charge < -0.3 is 10.2 Å². The molecule has 1 saturated heterocycles. The van der Waals surface area contributed by atoms with Gasteiger partial charge in [0.25, 0.3) is 0 Å². The number of anilines is 2. The van der Waals surface area contributed by atoms with Crippen molar-refractivity contribution in [2.45, 2.75) is 6.42 Å². The number of benzene rings is 2. The van der Waals surface area contributed by atoms with Crippen molar-refractivity contribution in [3.05, 3.63) is 58.6 Å². The fraction of sp³-hybridized carbons (Fsp3) is 0.176. The average Bonchev–Trinajstić information content (AvgIpc) is 2.89. The molecule has 0 aliphatic carbocycles. The zero-order valence-corrected chi connectivity index (χ0v) is 13.6. The van der Waals surface area contributed by atoms with Gasteiger partial charge >= 0.3 is 0 Å². The van der Waals surface area contributed by atoms with Gasteiger partial charge in [-0.1, -0.05) is 41.4 Å². The Morgan fingerprint density at radius 3 is 2.39 bits per heavy atom. The Morgan fingerprint density at radius 1 is 1.09 bits per heavy atom. The molecular weight excluding hydrogens is 335 g/mol. The molecule has 0 spiro atoms. The average molecular weight is 349 g/mol. The lowest BCUT2D eigenvalue weighted by molar-refractivity contribution is -0.122. The highest BCUT2D eigenvalue weighted by Gasteiger charge is 2.35. The third kappa shape index (κ3) is 3.66. The number of hydrogen-bond donors (Lipinski definition) is 1. The molecule has 1 aliphatic rings. The third-order valence-corrected chi connectivity index (χ3v) is 4.13. The first-order valence-electron chi connectivity index (χ1n) is 7.15. The number of hydrogen-bond acceptors (Lipinski definition) is 2. The maximum absolute atomic E-state index is 12.4. The van der Waals surface area contributed by atoms with Gasteiger partial charge in [0.05, 0.1) is 5.92 Å². The highest BCUT2D eigenvalue weighted by molar-refractivity contribution is 6.35. The van der Waals surface area contributed by atoms with Crippen LogP contribution in [0, 0.1) is 5.92 Å². The number of nitrogens with one attached hydrogen (secondary N) is 1. The van der Waals surface area contributed by atoms with E-state index in [-0.39, 0.29) is 18.2 Å². The second-order valence-electron chi connectivity index (χ2n) is 5.39. The van der Waals surface area contributed by atoms with E-state index in [1.165, 1.54) is 0 Å². The van der Waals surface area contributed by atoms with Crippen LogP contribution >= 0.6 is 23.2 Å². The van der Waals surface area contributed by atoms with Gasteiger partial charge in [-0.25, -0.2) is 0 Å². The Labute approximate surface area is 144 Å². The van der Waals surface area contributed by atoms with Crippen molar-refractivity contribution in [1.82, 2.24) is 0 Å². The smallest absolute Gasteiger partial charge is 0.229 e. The number of nitrogens with zero attached hydrogens (tertiary/aromatic N) is 1. The minimum Gasteiger partial charge on any atom is -0.326 e. The fourth-order valence-corrected chi connectivity index (χ4v) is 3.14. The van der Waals surface area contributed by atoms with Gasteiger partial charge in [-0.2, -0.15) is 0 Å². The first-order valence-corrected chi connectivity index (χ1v) is 7.91. The minimum absolute atomic E-state index is 0.0551. The van der Waals surface area contributed by atoms with Gasteiger partial charge in [-0.3, -0.25) is 9.59 Å². The van der Waals surface area contributed by atoms with Crippen LogP contribution in [-0.4, -0.2) is 18.4 Å². The van der Waals surface area contributed by atoms with Crippen LogP contribution in [0.4, 0.5) is 11.4 Å². The molecule has 1 aliphatic heterocycles. The van der Waals surface area contributed by atoms with Crippen molar-refractivity contribution in [2.75, 3.05) is 16.8 Å². The van der Waals surface area contributed by atoms with Crippen molar-refractivity contribution in [2.24, 2.45) is 5.92 Å². The molecule has 118 valence electrons. The molecule has 23 heavy (non-hydrogen) atoms. The van der Waals surface area contributed by atoms with E-state index in [2.05, 4.69) is 5.32 Å². The second-order valence-corrected chi connectivity index (χ2v) is 6.26. The molecule has 1 N–H and O–H groups in total. The first kappa shape index (κ1) is 15.8. The molecule has 0 radical (unpaired) electrons. The van der Waals surface area contributed by atoms with Crippen LogP contribution in [0.1, 0.15) is 6.42 Å². The maximum atomic E-state index is 12.4. The topological polar surface area (TPSA) is 49.4 Å². The molecule has 3 rings (SSSR count). The third-order valence-electron chi connectivity index (χ3n) is 3.69. The standard InChI is InChI=1S/C17H14Cl2N2O2/c18-12-7-13(19)9-14(8-12)20-17(23)11-6-16(22)21(10-11)15-4-2-1-3-5-15/h1-5,7-9,11H,6,10H2,(H,20,23)/t11-/m0/s1. The van der Waals surface area contributed by atoms with Crippen LogP contribution in [0.25, 0.3) is 0 Å². The van der Waals surface area contributed by atoms with E-state index in [0.717, 1.165) is 5.69 Å². The second kappa shape index (κ2) is 6.60. The van der Waals surface area contributed by atoms with E-state index >= 15 is 0 Å². The zero-order chi connectivity index (χ0) is 16.4. The van der Waals surface area contributed by atoms with Crippen molar-refractivity contribution < 1.29 is 9.59 Å². The van der Waals surface area contributed by atoms with Crippen molar-refractivity contribution in [3.63, 3.8) is 0 Å². The number of halogens is 2. The lowest BCUT2D eigenvalue weighted by Crippen LogP contribution is -2.28.